The van der Waals surface area contributed by atoms with Gasteiger partial charge in [0.25, 0.3) is 0 Å². The lowest BCUT2D eigenvalue weighted by Gasteiger charge is -1.92. The number of nitrogens with one attached hydrogen (secondary N) is 1. The highest BCUT2D eigenvalue weighted by molar-refractivity contribution is 5.77. The van der Waals surface area contributed by atoms with Gasteiger partial charge in [0.05, 0.1) is 0 Å². The number of hydrogen-bond donors (Lipinski definition) is 0. The largest absolute Gasteiger partial charge is 0.213 e. The maximum Gasteiger partial charge on any atom is 0.213 e. The number of aromatic amines is 1. The number of rotatable bonds is 0. The van der Waals surface area contributed by atoms with Gasteiger partial charge in [0.2, 0.25) is 5.52 Å². The van der Waals surface area contributed by atoms with Crippen LogP contribution in [0.4, 0.5) is 0 Å². The van der Waals surface area contributed by atoms with Gasteiger partial charge < -0.3 is 0 Å². The first-order chi connectivity index (χ1) is 7.38. The molecule has 15 heavy (non-hydrogen) atoms. The first kappa shape index (κ1) is 13.6. The van der Waals surface area contributed by atoms with E-state index in [0.717, 1.165) is 0 Å². The van der Waals surface area contributed by atoms with Crippen molar-refractivity contribution in [2.24, 2.45) is 0 Å². The highest BCUT2D eigenvalue weighted by Crippen LogP contribution is 2.11. The average Bonchev–Trinajstić information content (AvgIpc) is 2.35. The molecule has 1 heterocycles. The predicted molar refractivity (Wildman–Crippen MR) is 67.9 cm³/mol. The minimum atomic E-state index is 1.23. The van der Waals surface area contributed by atoms with E-state index in [2.05, 4.69) is 36.2 Å². The summed E-state index contributed by atoms with van der Waals surface area (Å²) < 4.78 is 0. The molecule has 0 atom stereocenters. The Balaban J connectivity index is 0.000000442. The van der Waals surface area contributed by atoms with Gasteiger partial charge in [-0.1, -0.05) is 39.8 Å². The smallest absolute Gasteiger partial charge is 0.211 e. The van der Waals surface area contributed by atoms with Crippen LogP contribution in [0.15, 0.2) is 36.5 Å². The molecular formula is C14H22N+. The molecule has 0 aliphatic rings. The van der Waals surface area contributed by atoms with Crippen LogP contribution in [0, 0.1) is 6.92 Å². The van der Waals surface area contributed by atoms with Crippen LogP contribution >= 0.6 is 0 Å². The number of pyridine rings is 1. The molecule has 1 heteroatoms. The lowest BCUT2D eigenvalue weighted by molar-refractivity contribution is -0.345. The van der Waals surface area contributed by atoms with Crippen molar-refractivity contribution in [3.05, 3.63) is 42.1 Å². The average molecular weight is 204 g/mol. The quantitative estimate of drug-likeness (QED) is 0.615. The van der Waals surface area contributed by atoms with Crippen molar-refractivity contribution >= 4 is 10.9 Å². The summed E-state index contributed by atoms with van der Waals surface area (Å²) in [5, 5.41) is 1.27. The fraction of sp³-hybridized carbons (Fsp3) is 0.357. The first-order valence-corrected chi connectivity index (χ1v) is 5.74. The molecule has 1 aromatic carbocycles. The monoisotopic (exact) mass is 204 g/mol. The number of H-pyrrole nitrogens is 1. The van der Waals surface area contributed by atoms with E-state index in [0.29, 0.717) is 0 Å². The lowest BCUT2D eigenvalue weighted by Crippen LogP contribution is -2.02. The lowest BCUT2D eigenvalue weighted by atomic mass is 10.1. The molecule has 0 saturated heterocycles. The summed E-state index contributed by atoms with van der Waals surface area (Å²) in [6.45, 7) is 10.1. The molecule has 2 aromatic rings. The van der Waals surface area contributed by atoms with Crippen LogP contribution in [-0.4, -0.2) is 0 Å². The third kappa shape index (κ3) is 3.70. The Labute approximate surface area is 93.2 Å². The van der Waals surface area contributed by atoms with Crippen LogP contribution in [0.5, 0.6) is 0 Å². The Morgan fingerprint density at radius 2 is 1.47 bits per heavy atom. The molecule has 0 aliphatic heterocycles. The molecule has 0 amide bonds. The summed E-state index contributed by atoms with van der Waals surface area (Å²) in [5.41, 5.74) is 2.53. The second-order valence-corrected chi connectivity index (χ2v) is 2.71. The normalized spacial score (nSPS) is 8.33. The van der Waals surface area contributed by atoms with E-state index in [9.17, 15) is 0 Å². The topological polar surface area (TPSA) is 14.1 Å². The highest BCUT2D eigenvalue weighted by atomic mass is 14.6. The second-order valence-electron chi connectivity index (χ2n) is 2.71. The highest BCUT2D eigenvalue weighted by Gasteiger charge is 1.99. The zero-order chi connectivity index (χ0) is 11.7. The van der Waals surface area contributed by atoms with E-state index in [1.165, 1.54) is 16.5 Å². The van der Waals surface area contributed by atoms with E-state index < -0.39 is 0 Å². The molecule has 0 bridgehead atoms. The Hall–Kier alpha value is -1.37. The minimum Gasteiger partial charge on any atom is -0.211 e. The fourth-order valence-corrected chi connectivity index (χ4v) is 1.31. The van der Waals surface area contributed by atoms with Gasteiger partial charge in [0.1, 0.15) is 0 Å². The summed E-state index contributed by atoms with van der Waals surface area (Å²) in [5.74, 6) is 0. The van der Waals surface area contributed by atoms with Crippen molar-refractivity contribution in [1.82, 2.24) is 0 Å². The first-order valence-electron chi connectivity index (χ1n) is 5.74. The van der Waals surface area contributed by atoms with Gasteiger partial charge in [-0.05, 0) is 19.1 Å². The number of benzene rings is 1. The van der Waals surface area contributed by atoms with Crippen molar-refractivity contribution in [2.75, 3.05) is 0 Å². The number of aromatic nitrogens is 1. The summed E-state index contributed by atoms with van der Waals surface area (Å²) in [4.78, 5) is 3.22. The molecule has 1 aromatic heterocycles. The molecule has 0 fully saturated rings. The number of aryl methyl sites for hydroxylation is 1. The van der Waals surface area contributed by atoms with Crippen molar-refractivity contribution in [3.8, 4) is 0 Å². The van der Waals surface area contributed by atoms with Gasteiger partial charge in [-0.3, -0.25) is 0 Å². The van der Waals surface area contributed by atoms with Gasteiger partial charge in [0.15, 0.2) is 6.20 Å². The van der Waals surface area contributed by atoms with Crippen LogP contribution in [-0.2, 0) is 0 Å². The molecular weight excluding hydrogens is 182 g/mol. The Kier molecular flexibility index (Phi) is 7.25. The maximum atomic E-state index is 3.22. The van der Waals surface area contributed by atoms with Crippen molar-refractivity contribution < 1.29 is 4.98 Å². The van der Waals surface area contributed by atoms with Crippen LogP contribution in [0.1, 0.15) is 33.3 Å². The summed E-state index contributed by atoms with van der Waals surface area (Å²) in [6.07, 6.45) is 1.95. The molecule has 0 radical (unpaired) electrons. The zero-order valence-corrected chi connectivity index (χ0v) is 10.5. The Morgan fingerprint density at radius 1 is 0.867 bits per heavy atom. The van der Waals surface area contributed by atoms with Crippen LogP contribution in [0.3, 0.4) is 0 Å². The third-order valence-electron chi connectivity index (χ3n) is 1.90. The number of hydrogen-bond acceptors (Lipinski definition) is 0. The number of para-hydroxylation sites is 1. The van der Waals surface area contributed by atoms with E-state index in [1.54, 1.807) is 0 Å². The number of fused-ring (bicyclic) bond motifs is 1. The molecule has 0 spiro atoms. The maximum absolute atomic E-state index is 3.22. The van der Waals surface area contributed by atoms with E-state index in [-0.39, 0.29) is 0 Å². The van der Waals surface area contributed by atoms with Crippen molar-refractivity contribution in [3.63, 3.8) is 0 Å². The molecule has 0 saturated carbocycles. The van der Waals surface area contributed by atoms with Gasteiger partial charge in [-0.15, -0.1) is 0 Å². The molecule has 2 rings (SSSR count). The standard InChI is InChI=1S/C10H9N.2C2H6/c1-8-4-2-5-9-6-3-7-11-10(8)9;2*1-2/h2-7H,1H3;2*1-2H3/p+1. The van der Waals surface area contributed by atoms with Gasteiger partial charge in [0, 0.05) is 17.0 Å². The summed E-state index contributed by atoms with van der Waals surface area (Å²) in [7, 11) is 0. The SMILES string of the molecule is CC.CC.Cc1cccc2ccc[nH+]c12. The van der Waals surface area contributed by atoms with E-state index in [4.69, 9.17) is 0 Å². The molecule has 1 N–H and O–H groups in total. The van der Waals surface area contributed by atoms with Gasteiger partial charge in [-0.25, -0.2) is 4.98 Å². The van der Waals surface area contributed by atoms with Gasteiger partial charge >= 0.3 is 0 Å². The molecule has 82 valence electrons. The summed E-state index contributed by atoms with van der Waals surface area (Å²) in [6, 6.07) is 10.4. The van der Waals surface area contributed by atoms with Crippen molar-refractivity contribution in [1.29, 1.82) is 0 Å². The predicted octanol–water partition coefficient (Wildman–Crippen LogP) is 4.01. The molecule has 0 unspecified atom stereocenters. The van der Waals surface area contributed by atoms with Crippen LogP contribution in [0.25, 0.3) is 10.9 Å². The Morgan fingerprint density at radius 3 is 2.07 bits per heavy atom. The molecule has 1 nitrogen and oxygen atoms in total. The Bertz CT molecular complexity index is 375. The third-order valence-corrected chi connectivity index (χ3v) is 1.90. The van der Waals surface area contributed by atoms with Gasteiger partial charge in [-0.2, -0.15) is 0 Å². The second kappa shape index (κ2) is 7.98. The van der Waals surface area contributed by atoms with E-state index >= 15 is 0 Å². The minimum absolute atomic E-state index is 1.23. The van der Waals surface area contributed by atoms with Crippen LogP contribution in [0.2, 0.25) is 0 Å². The van der Waals surface area contributed by atoms with Crippen molar-refractivity contribution in [2.45, 2.75) is 34.6 Å². The van der Waals surface area contributed by atoms with E-state index in [1.807, 2.05) is 40.0 Å². The van der Waals surface area contributed by atoms with Crippen LogP contribution < -0.4 is 4.98 Å². The molecule has 0 aliphatic carbocycles. The summed E-state index contributed by atoms with van der Waals surface area (Å²) >= 11 is 0. The fourth-order valence-electron chi connectivity index (χ4n) is 1.31. The zero-order valence-electron chi connectivity index (χ0n) is 10.5.